The van der Waals surface area contributed by atoms with Gasteiger partial charge in [-0.3, -0.25) is 4.79 Å². The summed E-state index contributed by atoms with van der Waals surface area (Å²) in [7, 11) is 0. The molecule has 5 nitrogen and oxygen atoms in total. The highest BCUT2D eigenvalue weighted by molar-refractivity contribution is 6.03. The molecule has 1 heterocycles. The number of aryl methyl sites for hydroxylation is 2. The molecule has 0 spiro atoms. The van der Waals surface area contributed by atoms with E-state index in [1.165, 1.54) is 6.26 Å². The highest BCUT2D eigenvalue weighted by atomic mass is 16.4. The van der Waals surface area contributed by atoms with Crippen LogP contribution < -0.4 is 11.1 Å². The maximum Gasteiger partial charge on any atom is 0.292 e. The third kappa shape index (κ3) is 2.34. The monoisotopic (exact) mass is 245 g/mol. The first-order valence-corrected chi connectivity index (χ1v) is 5.72. The molecule has 18 heavy (non-hydrogen) atoms. The Hall–Kier alpha value is -2.30. The van der Waals surface area contributed by atoms with E-state index in [1.54, 1.807) is 0 Å². The zero-order valence-electron chi connectivity index (χ0n) is 10.4. The average molecular weight is 245 g/mol. The molecule has 2 aromatic rings. The Kier molecular flexibility index (Phi) is 3.32. The van der Waals surface area contributed by atoms with Gasteiger partial charge in [-0.1, -0.05) is 25.1 Å². The van der Waals surface area contributed by atoms with Crippen LogP contribution >= 0.6 is 0 Å². The molecule has 0 atom stereocenters. The number of benzene rings is 1. The lowest BCUT2D eigenvalue weighted by molar-refractivity contribution is 0.102. The first-order valence-electron chi connectivity index (χ1n) is 5.72. The molecule has 94 valence electrons. The van der Waals surface area contributed by atoms with Gasteiger partial charge in [0.1, 0.15) is 6.26 Å². The number of nitrogens with one attached hydrogen (secondary N) is 1. The molecule has 0 fully saturated rings. The molecule has 1 amide bonds. The Bertz CT molecular complexity index is 575. The van der Waals surface area contributed by atoms with Gasteiger partial charge in [-0.05, 0) is 24.5 Å². The zero-order chi connectivity index (χ0) is 13.1. The lowest BCUT2D eigenvalue weighted by Crippen LogP contribution is -2.14. The van der Waals surface area contributed by atoms with Gasteiger partial charge < -0.3 is 15.5 Å². The van der Waals surface area contributed by atoms with E-state index in [0.717, 1.165) is 23.2 Å². The fourth-order valence-electron chi connectivity index (χ4n) is 1.77. The number of aromatic nitrogens is 1. The molecule has 2 rings (SSSR count). The SMILES string of the molecule is CCc1cccc(C)c1NC(=O)c1coc(N)n1. The van der Waals surface area contributed by atoms with Crippen molar-refractivity contribution in [2.45, 2.75) is 20.3 Å². The van der Waals surface area contributed by atoms with Crippen LogP contribution in [0.1, 0.15) is 28.5 Å². The molecule has 0 aliphatic carbocycles. The number of anilines is 2. The topological polar surface area (TPSA) is 81.2 Å². The summed E-state index contributed by atoms with van der Waals surface area (Å²) in [5, 5.41) is 2.84. The van der Waals surface area contributed by atoms with E-state index in [1.807, 2.05) is 32.0 Å². The predicted molar refractivity (Wildman–Crippen MR) is 69.4 cm³/mol. The largest absolute Gasteiger partial charge is 0.431 e. The number of nitrogens with zero attached hydrogens (tertiary/aromatic N) is 1. The van der Waals surface area contributed by atoms with Gasteiger partial charge in [0, 0.05) is 5.69 Å². The van der Waals surface area contributed by atoms with Crippen molar-refractivity contribution in [1.29, 1.82) is 0 Å². The van der Waals surface area contributed by atoms with Crippen molar-refractivity contribution in [2.24, 2.45) is 0 Å². The molecule has 5 heteroatoms. The van der Waals surface area contributed by atoms with Crippen LogP contribution in [-0.2, 0) is 6.42 Å². The highest BCUT2D eigenvalue weighted by Gasteiger charge is 2.13. The van der Waals surface area contributed by atoms with Crippen LogP contribution in [0.15, 0.2) is 28.9 Å². The zero-order valence-corrected chi connectivity index (χ0v) is 10.4. The Morgan fingerprint density at radius 2 is 2.28 bits per heavy atom. The van der Waals surface area contributed by atoms with Crippen molar-refractivity contribution in [3.8, 4) is 0 Å². The molecule has 1 aromatic heterocycles. The molecule has 0 saturated heterocycles. The number of para-hydroxylation sites is 1. The number of hydrogen-bond donors (Lipinski definition) is 2. The Labute approximate surface area is 105 Å². The molecule has 0 aliphatic heterocycles. The standard InChI is InChI=1S/C13H15N3O2/c1-3-9-6-4-5-8(2)11(9)16-12(17)10-7-18-13(14)15-10/h4-7H,3H2,1-2H3,(H2,14,15)(H,16,17). The summed E-state index contributed by atoms with van der Waals surface area (Å²) in [5.41, 5.74) is 8.44. The lowest BCUT2D eigenvalue weighted by Gasteiger charge is -2.11. The number of carbonyl (C=O) groups excluding carboxylic acids is 1. The highest BCUT2D eigenvalue weighted by Crippen LogP contribution is 2.21. The van der Waals surface area contributed by atoms with Crippen molar-refractivity contribution in [3.63, 3.8) is 0 Å². The van der Waals surface area contributed by atoms with Crippen LogP contribution in [0.5, 0.6) is 0 Å². The van der Waals surface area contributed by atoms with Crippen molar-refractivity contribution in [2.75, 3.05) is 11.1 Å². The first-order chi connectivity index (χ1) is 8.61. The fourth-order valence-corrected chi connectivity index (χ4v) is 1.77. The number of carbonyl (C=O) groups is 1. The molecule has 0 aliphatic rings. The van der Waals surface area contributed by atoms with Gasteiger partial charge >= 0.3 is 0 Å². The molecule has 0 saturated carbocycles. The van der Waals surface area contributed by atoms with Crippen LogP contribution in [0.4, 0.5) is 11.7 Å². The number of nitrogens with two attached hydrogens (primary N) is 1. The van der Waals surface area contributed by atoms with E-state index in [0.29, 0.717) is 0 Å². The van der Waals surface area contributed by atoms with Crippen LogP contribution in [0.2, 0.25) is 0 Å². The summed E-state index contributed by atoms with van der Waals surface area (Å²) < 4.78 is 4.82. The van der Waals surface area contributed by atoms with Gasteiger partial charge in [-0.2, -0.15) is 4.98 Å². The van der Waals surface area contributed by atoms with Crippen LogP contribution in [0.25, 0.3) is 0 Å². The quantitative estimate of drug-likeness (QED) is 0.869. The Morgan fingerprint density at radius 3 is 2.89 bits per heavy atom. The van der Waals surface area contributed by atoms with Crippen LogP contribution in [-0.4, -0.2) is 10.9 Å². The van der Waals surface area contributed by atoms with E-state index in [9.17, 15) is 4.79 Å². The van der Waals surface area contributed by atoms with Crippen molar-refractivity contribution >= 4 is 17.6 Å². The van der Waals surface area contributed by atoms with Crippen molar-refractivity contribution < 1.29 is 9.21 Å². The third-order valence-corrected chi connectivity index (χ3v) is 2.73. The molecular formula is C13H15N3O2. The lowest BCUT2D eigenvalue weighted by atomic mass is 10.1. The second-order valence-electron chi connectivity index (χ2n) is 3.99. The smallest absolute Gasteiger partial charge is 0.292 e. The summed E-state index contributed by atoms with van der Waals surface area (Å²) in [5.74, 6) is -0.320. The van der Waals surface area contributed by atoms with E-state index in [2.05, 4.69) is 10.3 Å². The maximum absolute atomic E-state index is 12.0. The van der Waals surface area contributed by atoms with Gasteiger partial charge in [0.05, 0.1) is 0 Å². The summed E-state index contributed by atoms with van der Waals surface area (Å²) in [6.07, 6.45) is 2.09. The Morgan fingerprint density at radius 1 is 1.50 bits per heavy atom. The Balaban J connectivity index is 2.26. The number of nitrogen functional groups attached to an aromatic ring is 1. The van der Waals surface area contributed by atoms with Crippen molar-refractivity contribution in [1.82, 2.24) is 4.98 Å². The molecule has 0 radical (unpaired) electrons. The molecule has 0 bridgehead atoms. The fraction of sp³-hybridized carbons (Fsp3) is 0.231. The third-order valence-electron chi connectivity index (χ3n) is 2.73. The van der Waals surface area contributed by atoms with Gasteiger partial charge in [0.25, 0.3) is 11.9 Å². The van der Waals surface area contributed by atoms with E-state index >= 15 is 0 Å². The second kappa shape index (κ2) is 4.91. The maximum atomic E-state index is 12.0. The number of oxazole rings is 1. The predicted octanol–water partition coefficient (Wildman–Crippen LogP) is 2.38. The van der Waals surface area contributed by atoms with Gasteiger partial charge in [-0.25, -0.2) is 0 Å². The normalized spacial score (nSPS) is 10.3. The first kappa shape index (κ1) is 12.2. The second-order valence-corrected chi connectivity index (χ2v) is 3.99. The van der Waals surface area contributed by atoms with Gasteiger partial charge in [0.15, 0.2) is 5.69 Å². The minimum absolute atomic E-state index is 0.0133. The summed E-state index contributed by atoms with van der Waals surface area (Å²) in [6.45, 7) is 3.99. The number of rotatable bonds is 3. The van der Waals surface area contributed by atoms with Crippen molar-refractivity contribution in [3.05, 3.63) is 41.3 Å². The molecule has 1 aromatic carbocycles. The molecule has 0 unspecified atom stereocenters. The number of amides is 1. The number of hydrogen-bond acceptors (Lipinski definition) is 4. The summed E-state index contributed by atoms with van der Waals surface area (Å²) in [4.78, 5) is 15.7. The van der Waals surface area contributed by atoms with Crippen LogP contribution in [0.3, 0.4) is 0 Å². The summed E-state index contributed by atoms with van der Waals surface area (Å²) in [6, 6.07) is 5.89. The van der Waals surface area contributed by atoms with E-state index < -0.39 is 0 Å². The van der Waals surface area contributed by atoms with Crippen LogP contribution in [0, 0.1) is 6.92 Å². The minimum Gasteiger partial charge on any atom is -0.431 e. The van der Waals surface area contributed by atoms with Gasteiger partial charge in [0.2, 0.25) is 0 Å². The molecular weight excluding hydrogens is 230 g/mol. The van der Waals surface area contributed by atoms with E-state index in [-0.39, 0.29) is 17.6 Å². The average Bonchev–Trinajstić information content (AvgIpc) is 2.78. The van der Waals surface area contributed by atoms with E-state index in [4.69, 9.17) is 10.2 Å². The molecule has 3 N–H and O–H groups in total. The van der Waals surface area contributed by atoms with Gasteiger partial charge in [-0.15, -0.1) is 0 Å². The minimum atomic E-state index is -0.320. The summed E-state index contributed by atoms with van der Waals surface area (Å²) >= 11 is 0.